The molecule has 1 aromatic heterocycles. The number of amides is 2. The number of aromatic amines is 1. The molecule has 7 heteroatoms. The summed E-state index contributed by atoms with van der Waals surface area (Å²) in [5.74, 6) is 0.749. The molecular weight excluding hydrogens is 456 g/mol. The molecule has 6 rings (SSSR count). The first kappa shape index (κ1) is 20.5. The Morgan fingerprint density at radius 2 is 1.74 bits per heavy atom. The second kappa shape index (κ2) is 7.95. The number of urea groups is 1. The second-order valence-corrected chi connectivity index (χ2v) is 10.0. The third-order valence-corrected chi connectivity index (χ3v) is 7.51. The summed E-state index contributed by atoms with van der Waals surface area (Å²) in [6, 6.07) is 15.6. The van der Waals surface area contributed by atoms with Crippen molar-refractivity contribution < 1.29 is 9.90 Å². The van der Waals surface area contributed by atoms with Gasteiger partial charge in [0.1, 0.15) is 5.82 Å². The highest BCUT2D eigenvalue weighted by Crippen LogP contribution is 2.46. The molecule has 6 nitrogen and oxygen atoms in total. The largest absolute Gasteiger partial charge is 0.390 e. The Bertz CT molecular complexity index is 1040. The van der Waals surface area contributed by atoms with Crippen molar-refractivity contribution >= 4 is 33.0 Å². The average Bonchev–Trinajstić information content (AvgIpc) is 3.20. The van der Waals surface area contributed by atoms with E-state index in [0.29, 0.717) is 6.42 Å². The van der Waals surface area contributed by atoms with Gasteiger partial charge in [-0.05, 0) is 74.8 Å². The SMILES string of the molecule is O=C(N[C@H](Cc1ccc(Br)cc1)c1nc2ccccc2[nH]1)NC12CCC(O)(CC1)CC2. The van der Waals surface area contributed by atoms with E-state index >= 15 is 0 Å². The lowest BCUT2D eigenvalue weighted by Crippen LogP contribution is -2.60. The first-order valence-electron chi connectivity index (χ1n) is 10.9. The standard InChI is InChI=1S/C24H27BrN4O2/c25-17-7-5-16(6-8-17)15-20(21-26-18-3-1-2-4-19(18)27-21)28-22(30)29-23-9-12-24(31,13-10-23)14-11-23/h1-8,20,31H,9-15H2,(H,26,27)(H2,28,29,30)/t20-,23?,24?/m1/s1. The summed E-state index contributed by atoms with van der Waals surface area (Å²) in [5.41, 5.74) is 2.24. The zero-order valence-electron chi connectivity index (χ0n) is 17.3. The minimum atomic E-state index is -0.516. The highest BCUT2D eigenvalue weighted by atomic mass is 79.9. The van der Waals surface area contributed by atoms with Crippen LogP contribution in [0.3, 0.4) is 0 Å². The van der Waals surface area contributed by atoms with Crippen molar-refractivity contribution in [3.8, 4) is 0 Å². The Hall–Kier alpha value is -2.38. The molecule has 0 aliphatic heterocycles. The van der Waals surface area contributed by atoms with Crippen LogP contribution in [0.1, 0.15) is 56.0 Å². The third-order valence-electron chi connectivity index (χ3n) is 6.98. The van der Waals surface area contributed by atoms with E-state index < -0.39 is 5.60 Å². The van der Waals surface area contributed by atoms with Gasteiger partial charge in [0.15, 0.2) is 0 Å². The van der Waals surface area contributed by atoms with Crippen LogP contribution in [0.25, 0.3) is 11.0 Å². The zero-order chi connectivity index (χ0) is 21.5. The molecule has 3 fully saturated rings. The topological polar surface area (TPSA) is 90.0 Å². The summed E-state index contributed by atoms with van der Waals surface area (Å²) in [5, 5.41) is 16.9. The van der Waals surface area contributed by atoms with Crippen molar-refractivity contribution in [3.05, 3.63) is 64.4 Å². The number of H-pyrrole nitrogens is 1. The van der Waals surface area contributed by atoms with Gasteiger partial charge in [-0.1, -0.05) is 40.2 Å². The van der Waals surface area contributed by atoms with Crippen molar-refractivity contribution in [2.24, 2.45) is 0 Å². The van der Waals surface area contributed by atoms with Crippen LogP contribution in [0.4, 0.5) is 4.79 Å². The van der Waals surface area contributed by atoms with Gasteiger partial charge in [0.05, 0.1) is 22.7 Å². The number of para-hydroxylation sites is 2. The van der Waals surface area contributed by atoms with Crippen molar-refractivity contribution in [1.82, 2.24) is 20.6 Å². The summed E-state index contributed by atoms with van der Waals surface area (Å²) < 4.78 is 1.02. The normalized spacial score (nSPS) is 26.0. The van der Waals surface area contributed by atoms with Crippen LogP contribution in [0.5, 0.6) is 0 Å². The minimum absolute atomic E-state index is 0.171. The van der Waals surface area contributed by atoms with Gasteiger partial charge in [-0.25, -0.2) is 9.78 Å². The highest BCUT2D eigenvalue weighted by Gasteiger charge is 2.48. The van der Waals surface area contributed by atoms with Gasteiger partial charge in [-0.3, -0.25) is 0 Å². The number of hydrogen-bond donors (Lipinski definition) is 4. The number of imidazole rings is 1. The van der Waals surface area contributed by atoms with Crippen molar-refractivity contribution in [3.63, 3.8) is 0 Å². The number of rotatable bonds is 5. The number of aliphatic hydroxyl groups is 1. The van der Waals surface area contributed by atoms with Crippen LogP contribution >= 0.6 is 15.9 Å². The van der Waals surface area contributed by atoms with Crippen LogP contribution in [0.2, 0.25) is 0 Å². The Labute approximate surface area is 190 Å². The number of aromatic nitrogens is 2. The van der Waals surface area contributed by atoms with Gasteiger partial charge in [-0.15, -0.1) is 0 Å². The maximum absolute atomic E-state index is 13.1. The van der Waals surface area contributed by atoms with Crippen molar-refractivity contribution in [1.29, 1.82) is 0 Å². The molecule has 0 unspecified atom stereocenters. The molecule has 3 aliphatic rings. The van der Waals surface area contributed by atoms with Gasteiger partial charge in [0.25, 0.3) is 0 Å². The Morgan fingerprint density at radius 1 is 1.06 bits per heavy atom. The zero-order valence-corrected chi connectivity index (χ0v) is 18.9. The van der Waals surface area contributed by atoms with Crippen molar-refractivity contribution in [2.75, 3.05) is 0 Å². The molecule has 162 valence electrons. The lowest BCUT2D eigenvalue weighted by atomic mass is 9.63. The molecule has 2 bridgehead atoms. The molecule has 2 amide bonds. The molecular formula is C24H27BrN4O2. The van der Waals surface area contributed by atoms with E-state index in [1.54, 1.807) is 0 Å². The van der Waals surface area contributed by atoms with Gasteiger partial charge >= 0.3 is 6.03 Å². The summed E-state index contributed by atoms with van der Waals surface area (Å²) in [6.45, 7) is 0. The number of hydrogen-bond acceptors (Lipinski definition) is 3. The van der Waals surface area contributed by atoms with Crippen LogP contribution in [-0.4, -0.2) is 32.2 Å². The first-order chi connectivity index (χ1) is 14.9. The van der Waals surface area contributed by atoms with Crippen LogP contribution < -0.4 is 10.6 Å². The lowest BCUT2D eigenvalue weighted by molar-refractivity contribution is -0.0694. The fourth-order valence-electron chi connectivity index (χ4n) is 5.00. The highest BCUT2D eigenvalue weighted by molar-refractivity contribution is 9.10. The Morgan fingerprint density at radius 3 is 2.42 bits per heavy atom. The molecule has 0 saturated heterocycles. The monoisotopic (exact) mass is 482 g/mol. The number of nitrogens with one attached hydrogen (secondary N) is 3. The Kier molecular flexibility index (Phi) is 5.26. The second-order valence-electron chi connectivity index (χ2n) is 9.13. The van der Waals surface area contributed by atoms with E-state index in [4.69, 9.17) is 4.98 Å². The van der Waals surface area contributed by atoms with Gasteiger partial charge in [0.2, 0.25) is 0 Å². The van der Waals surface area contributed by atoms with E-state index in [1.165, 1.54) is 0 Å². The minimum Gasteiger partial charge on any atom is -0.390 e. The van der Waals surface area contributed by atoms with Crippen molar-refractivity contribution in [2.45, 2.75) is 62.1 Å². The van der Waals surface area contributed by atoms with Crippen LogP contribution in [0, 0.1) is 0 Å². The van der Waals surface area contributed by atoms with E-state index in [0.717, 1.165) is 65.4 Å². The molecule has 2 aromatic carbocycles. The molecule has 0 spiro atoms. The molecule has 0 radical (unpaired) electrons. The molecule has 4 N–H and O–H groups in total. The van der Waals surface area contributed by atoms with E-state index in [-0.39, 0.29) is 17.6 Å². The predicted octanol–water partition coefficient (Wildman–Crippen LogP) is 4.75. The molecule has 1 heterocycles. The number of halogens is 1. The summed E-state index contributed by atoms with van der Waals surface area (Å²) in [4.78, 5) is 21.2. The molecule has 3 aromatic rings. The number of carbonyl (C=O) groups is 1. The van der Waals surface area contributed by atoms with E-state index in [2.05, 4.69) is 43.7 Å². The van der Waals surface area contributed by atoms with Gasteiger partial charge in [-0.2, -0.15) is 0 Å². The quantitative estimate of drug-likeness (QED) is 0.423. The average molecular weight is 483 g/mol. The van der Waals surface area contributed by atoms with Crippen LogP contribution in [-0.2, 0) is 6.42 Å². The van der Waals surface area contributed by atoms with E-state index in [1.807, 2.05) is 36.4 Å². The Balaban J connectivity index is 1.36. The lowest BCUT2D eigenvalue weighted by Gasteiger charge is -2.51. The molecule has 3 saturated carbocycles. The van der Waals surface area contributed by atoms with E-state index in [9.17, 15) is 9.90 Å². The molecule has 1 atom stereocenters. The van der Waals surface area contributed by atoms with Gasteiger partial charge in [0, 0.05) is 10.0 Å². The van der Waals surface area contributed by atoms with Gasteiger partial charge < -0.3 is 20.7 Å². The smallest absolute Gasteiger partial charge is 0.315 e. The summed E-state index contributed by atoms with van der Waals surface area (Å²) in [6.07, 6.45) is 5.42. The third kappa shape index (κ3) is 4.34. The predicted molar refractivity (Wildman–Crippen MR) is 124 cm³/mol. The summed E-state index contributed by atoms with van der Waals surface area (Å²) >= 11 is 3.48. The number of nitrogens with zero attached hydrogens (tertiary/aromatic N) is 1. The number of carbonyl (C=O) groups excluding carboxylic acids is 1. The number of fused-ring (bicyclic) bond motifs is 4. The number of benzene rings is 2. The maximum Gasteiger partial charge on any atom is 0.315 e. The van der Waals surface area contributed by atoms with Crippen LogP contribution in [0.15, 0.2) is 53.0 Å². The first-order valence-corrected chi connectivity index (χ1v) is 11.7. The maximum atomic E-state index is 13.1. The summed E-state index contributed by atoms with van der Waals surface area (Å²) in [7, 11) is 0. The molecule has 31 heavy (non-hydrogen) atoms. The molecule has 3 aliphatic carbocycles. The fourth-order valence-corrected chi connectivity index (χ4v) is 5.26. The fraction of sp³-hybridized carbons (Fsp3) is 0.417.